The fourth-order valence-electron chi connectivity index (χ4n) is 1.79. The van der Waals surface area contributed by atoms with E-state index in [4.69, 9.17) is 0 Å². The lowest BCUT2D eigenvalue weighted by atomic mass is 10.2. The highest BCUT2D eigenvalue weighted by Gasteiger charge is 2.20. The Morgan fingerprint density at radius 2 is 1.85 bits per heavy atom. The second kappa shape index (κ2) is 6.84. The van der Waals surface area contributed by atoms with Crippen LogP contribution in [-0.2, 0) is 7.05 Å². The van der Waals surface area contributed by atoms with Crippen LogP contribution in [0, 0.1) is 19.8 Å². The van der Waals surface area contributed by atoms with Crippen LogP contribution in [0.4, 0.5) is 10.1 Å². The topological polar surface area (TPSA) is 46.9 Å². The minimum atomic E-state index is -0.626. The van der Waals surface area contributed by atoms with Gasteiger partial charge in [0, 0.05) is 12.7 Å². The molecule has 0 spiro atoms. The lowest BCUT2D eigenvalue weighted by molar-refractivity contribution is 0.102. The highest BCUT2D eigenvalue weighted by atomic mass is 19.1. The van der Waals surface area contributed by atoms with Crippen molar-refractivity contribution in [1.82, 2.24) is 9.78 Å². The maximum Gasteiger partial charge on any atom is 0.262 e. The zero-order chi connectivity index (χ0) is 15.3. The van der Waals surface area contributed by atoms with Crippen LogP contribution >= 0.6 is 0 Å². The van der Waals surface area contributed by atoms with Crippen LogP contribution in [0.5, 0.6) is 0 Å². The van der Waals surface area contributed by atoms with Gasteiger partial charge in [0.1, 0.15) is 5.56 Å². The van der Waals surface area contributed by atoms with E-state index >= 15 is 0 Å². The molecule has 2 rings (SSSR count). The van der Waals surface area contributed by atoms with E-state index < -0.39 is 11.9 Å². The summed E-state index contributed by atoms with van der Waals surface area (Å²) < 4.78 is 14.8. The molecule has 0 fully saturated rings. The summed E-state index contributed by atoms with van der Waals surface area (Å²) in [6.45, 7) is 7.48. The molecule has 20 heavy (non-hydrogen) atoms. The van der Waals surface area contributed by atoms with E-state index in [1.54, 1.807) is 13.0 Å². The molecule has 2 aromatic rings. The van der Waals surface area contributed by atoms with Crippen molar-refractivity contribution in [2.45, 2.75) is 27.7 Å². The fraction of sp³-hybridized carbons (Fsp3) is 0.333. The second-order valence-corrected chi connectivity index (χ2v) is 4.14. The number of benzene rings is 1. The third kappa shape index (κ3) is 3.23. The number of halogens is 1. The molecule has 0 aliphatic heterocycles. The summed E-state index contributed by atoms with van der Waals surface area (Å²) in [7, 11) is 1.47. The van der Waals surface area contributed by atoms with Gasteiger partial charge >= 0.3 is 0 Å². The summed E-state index contributed by atoms with van der Waals surface area (Å²) >= 11 is 0. The average molecular weight is 277 g/mol. The molecular formula is C15H20FN3O. The number of amides is 1. The molecule has 1 heterocycles. The quantitative estimate of drug-likeness (QED) is 0.913. The normalized spacial score (nSPS) is 9.70. The Morgan fingerprint density at radius 1 is 1.25 bits per heavy atom. The standard InChI is InChI=1S/C13H14FN3O.C2H6/c1-8-6-4-5-7-10(8)15-13(18)11-9(2)16-17(3)12(11)14;1-2/h4-7H,1-3H3,(H,15,18);1-2H3. The molecule has 0 aliphatic carbocycles. The zero-order valence-electron chi connectivity index (χ0n) is 12.5. The van der Waals surface area contributed by atoms with Gasteiger partial charge in [-0.2, -0.15) is 9.49 Å². The smallest absolute Gasteiger partial charge is 0.262 e. The van der Waals surface area contributed by atoms with E-state index in [1.165, 1.54) is 7.05 Å². The number of rotatable bonds is 2. The summed E-state index contributed by atoms with van der Waals surface area (Å²) in [5.41, 5.74) is 1.96. The molecule has 0 aliphatic rings. The number of aryl methyl sites for hydroxylation is 3. The third-order valence-electron chi connectivity index (χ3n) is 2.77. The van der Waals surface area contributed by atoms with Crippen LogP contribution in [0.3, 0.4) is 0 Å². The molecule has 0 radical (unpaired) electrons. The minimum absolute atomic E-state index is 0.0132. The number of carbonyl (C=O) groups excluding carboxylic acids is 1. The number of anilines is 1. The number of aromatic nitrogens is 2. The Labute approximate surface area is 118 Å². The van der Waals surface area contributed by atoms with Crippen molar-refractivity contribution in [3.8, 4) is 0 Å². The number of hydrogen-bond acceptors (Lipinski definition) is 2. The number of para-hydroxylation sites is 1. The number of nitrogens with one attached hydrogen (secondary N) is 1. The zero-order valence-corrected chi connectivity index (χ0v) is 12.5. The molecule has 5 heteroatoms. The van der Waals surface area contributed by atoms with E-state index in [9.17, 15) is 9.18 Å². The largest absolute Gasteiger partial charge is 0.322 e. The second-order valence-electron chi connectivity index (χ2n) is 4.14. The summed E-state index contributed by atoms with van der Waals surface area (Å²) in [4.78, 5) is 12.0. The Balaban J connectivity index is 0.000000956. The monoisotopic (exact) mass is 277 g/mol. The molecule has 0 unspecified atom stereocenters. The molecule has 0 saturated carbocycles. The van der Waals surface area contributed by atoms with Crippen molar-refractivity contribution in [3.63, 3.8) is 0 Å². The summed E-state index contributed by atoms with van der Waals surface area (Å²) in [5.74, 6) is -1.11. The van der Waals surface area contributed by atoms with Gasteiger partial charge in [-0.25, -0.2) is 4.68 Å². The van der Waals surface area contributed by atoms with Crippen molar-refractivity contribution < 1.29 is 9.18 Å². The van der Waals surface area contributed by atoms with Gasteiger partial charge in [0.25, 0.3) is 5.91 Å². The van der Waals surface area contributed by atoms with E-state index in [2.05, 4.69) is 10.4 Å². The molecule has 0 saturated heterocycles. The van der Waals surface area contributed by atoms with Gasteiger partial charge in [0.2, 0.25) is 5.95 Å². The first-order valence-corrected chi connectivity index (χ1v) is 6.56. The van der Waals surface area contributed by atoms with Gasteiger partial charge in [-0.15, -0.1) is 0 Å². The molecule has 0 atom stereocenters. The lowest BCUT2D eigenvalue weighted by Gasteiger charge is -2.07. The van der Waals surface area contributed by atoms with Crippen molar-refractivity contribution in [1.29, 1.82) is 0 Å². The molecule has 1 amide bonds. The first-order chi connectivity index (χ1) is 9.50. The van der Waals surface area contributed by atoms with Crippen LogP contribution in [-0.4, -0.2) is 15.7 Å². The summed E-state index contributed by atoms with van der Waals surface area (Å²) in [6.07, 6.45) is 0. The van der Waals surface area contributed by atoms with E-state index in [1.807, 2.05) is 39.0 Å². The van der Waals surface area contributed by atoms with Gasteiger partial charge in [-0.3, -0.25) is 4.79 Å². The van der Waals surface area contributed by atoms with Crippen molar-refractivity contribution >= 4 is 11.6 Å². The van der Waals surface area contributed by atoms with Crippen LogP contribution in [0.25, 0.3) is 0 Å². The predicted molar refractivity (Wildman–Crippen MR) is 78.4 cm³/mol. The minimum Gasteiger partial charge on any atom is -0.322 e. The van der Waals surface area contributed by atoms with Gasteiger partial charge in [0.15, 0.2) is 0 Å². The van der Waals surface area contributed by atoms with Crippen LogP contribution in [0.2, 0.25) is 0 Å². The summed E-state index contributed by atoms with van der Waals surface area (Å²) in [6, 6.07) is 7.34. The SMILES string of the molecule is CC.Cc1ccccc1NC(=O)c1c(C)nn(C)c1F. The van der Waals surface area contributed by atoms with E-state index in [0.29, 0.717) is 11.4 Å². The van der Waals surface area contributed by atoms with Crippen molar-refractivity contribution in [2.24, 2.45) is 7.05 Å². The molecule has 4 nitrogen and oxygen atoms in total. The van der Waals surface area contributed by atoms with Gasteiger partial charge in [0.05, 0.1) is 5.69 Å². The van der Waals surface area contributed by atoms with Crippen LogP contribution in [0.1, 0.15) is 35.5 Å². The highest BCUT2D eigenvalue weighted by molar-refractivity contribution is 6.05. The predicted octanol–water partition coefficient (Wildman–Crippen LogP) is 3.45. The Bertz CT molecular complexity index is 605. The molecule has 0 bridgehead atoms. The highest BCUT2D eigenvalue weighted by Crippen LogP contribution is 2.17. The maximum atomic E-state index is 13.7. The maximum absolute atomic E-state index is 13.7. The van der Waals surface area contributed by atoms with E-state index in [-0.39, 0.29) is 5.56 Å². The molecule has 108 valence electrons. The molecule has 1 N–H and O–H groups in total. The van der Waals surface area contributed by atoms with E-state index in [0.717, 1.165) is 10.2 Å². The van der Waals surface area contributed by atoms with Gasteiger partial charge < -0.3 is 5.32 Å². The third-order valence-corrected chi connectivity index (χ3v) is 2.77. The van der Waals surface area contributed by atoms with Crippen molar-refractivity contribution in [3.05, 3.63) is 47.0 Å². The number of nitrogens with zero attached hydrogens (tertiary/aromatic N) is 2. The van der Waals surface area contributed by atoms with Crippen LogP contribution < -0.4 is 5.32 Å². The summed E-state index contributed by atoms with van der Waals surface area (Å²) in [5, 5.41) is 6.57. The van der Waals surface area contributed by atoms with Gasteiger partial charge in [-0.1, -0.05) is 32.0 Å². The Kier molecular flexibility index (Phi) is 5.43. The van der Waals surface area contributed by atoms with Crippen molar-refractivity contribution in [2.75, 3.05) is 5.32 Å². The lowest BCUT2D eigenvalue weighted by Crippen LogP contribution is -2.15. The fourth-order valence-corrected chi connectivity index (χ4v) is 1.79. The molecular weight excluding hydrogens is 257 g/mol. The Morgan fingerprint density at radius 3 is 2.35 bits per heavy atom. The van der Waals surface area contributed by atoms with Gasteiger partial charge in [-0.05, 0) is 25.5 Å². The van der Waals surface area contributed by atoms with Crippen LogP contribution in [0.15, 0.2) is 24.3 Å². The number of hydrogen-bond donors (Lipinski definition) is 1. The molecule has 1 aromatic heterocycles. The molecule has 1 aromatic carbocycles. The Hall–Kier alpha value is -2.17. The first kappa shape index (κ1) is 15.9. The average Bonchev–Trinajstić information content (AvgIpc) is 2.68. The number of carbonyl (C=O) groups is 1. The first-order valence-electron chi connectivity index (χ1n) is 6.56.